The summed E-state index contributed by atoms with van der Waals surface area (Å²) in [7, 11) is 0. The molecule has 0 unspecified atom stereocenters. The molecule has 3 nitrogen and oxygen atoms in total. The monoisotopic (exact) mass is 239 g/mol. The average Bonchev–Trinajstić information content (AvgIpc) is 2.65. The Kier molecular flexibility index (Phi) is 2.26. The number of ether oxygens (including phenoxy) is 1. The van der Waals surface area contributed by atoms with E-state index in [4.69, 9.17) is 16.3 Å². The van der Waals surface area contributed by atoms with Crippen molar-refractivity contribution in [1.82, 2.24) is 5.32 Å². The zero-order valence-corrected chi connectivity index (χ0v) is 9.68. The van der Waals surface area contributed by atoms with Crippen LogP contribution in [-0.4, -0.2) is 24.8 Å². The van der Waals surface area contributed by atoms with Gasteiger partial charge in [0.25, 0.3) is 0 Å². The predicted octanol–water partition coefficient (Wildman–Crippen LogP) is 2.06. The molecule has 16 heavy (non-hydrogen) atoms. The van der Waals surface area contributed by atoms with E-state index in [1.165, 1.54) is 0 Å². The number of phenolic OH excluding ortho intramolecular Hbond substituents is 1. The molecule has 86 valence electrons. The van der Waals surface area contributed by atoms with Crippen LogP contribution in [0, 0.1) is 0 Å². The molecule has 1 aromatic rings. The lowest BCUT2D eigenvalue weighted by Gasteiger charge is -2.32. The van der Waals surface area contributed by atoms with E-state index in [0.717, 1.165) is 31.5 Å². The molecule has 4 heteroatoms. The topological polar surface area (TPSA) is 41.5 Å². The summed E-state index contributed by atoms with van der Waals surface area (Å²) >= 11 is 6.05. The molecular weight excluding hydrogens is 226 g/mol. The maximum atomic E-state index is 9.55. The van der Waals surface area contributed by atoms with Crippen molar-refractivity contribution in [1.29, 1.82) is 0 Å². The lowest BCUT2D eigenvalue weighted by molar-refractivity contribution is 0.220. The molecular formula is C12H14ClNO2. The lowest BCUT2D eigenvalue weighted by atomic mass is 9.75. The Morgan fingerprint density at radius 2 is 2.06 bits per heavy atom. The summed E-state index contributed by atoms with van der Waals surface area (Å²) in [6, 6.07) is 3.62. The Morgan fingerprint density at radius 1 is 1.31 bits per heavy atom. The van der Waals surface area contributed by atoms with Crippen LogP contribution >= 0.6 is 11.6 Å². The van der Waals surface area contributed by atoms with E-state index in [2.05, 4.69) is 5.32 Å². The van der Waals surface area contributed by atoms with Crippen LogP contribution in [0.2, 0.25) is 5.02 Å². The summed E-state index contributed by atoms with van der Waals surface area (Å²) in [4.78, 5) is 0. The Balaban J connectivity index is 2.08. The number of benzene rings is 1. The third-order valence-corrected chi connectivity index (χ3v) is 4.07. The minimum Gasteiger partial charge on any atom is -0.506 e. The first-order chi connectivity index (χ1) is 7.73. The highest BCUT2D eigenvalue weighted by molar-refractivity contribution is 6.33. The van der Waals surface area contributed by atoms with Crippen LogP contribution in [0.1, 0.15) is 18.4 Å². The minimum absolute atomic E-state index is 0.103. The molecule has 2 aliphatic rings. The van der Waals surface area contributed by atoms with Gasteiger partial charge in [-0.15, -0.1) is 0 Å². The van der Waals surface area contributed by atoms with E-state index in [0.29, 0.717) is 17.4 Å². The van der Waals surface area contributed by atoms with E-state index in [-0.39, 0.29) is 11.2 Å². The molecule has 0 radical (unpaired) electrons. The largest absolute Gasteiger partial charge is 0.506 e. The van der Waals surface area contributed by atoms with E-state index >= 15 is 0 Å². The summed E-state index contributed by atoms with van der Waals surface area (Å²) in [5, 5.41) is 13.3. The number of nitrogens with one attached hydrogen (secondary N) is 1. The Bertz CT molecular complexity index is 427. The van der Waals surface area contributed by atoms with Gasteiger partial charge in [0.15, 0.2) is 0 Å². The third-order valence-electron chi connectivity index (χ3n) is 3.70. The molecule has 1 saturated heterocycles. The van der Waals surface area contributed by atoms with Gasteiger partial charge in [0.2, 0.25) is 0 Å². The number of aromatic hydroxyl groups is 1. The highest BCUT2D eigenvalue weighted by atomic mass is 35.5. The van der Waals surface area contributed by atoms with Crippen molar-refractivity contribution in [2.75, 3.05) is 19.7 Å². The summed E-state index contributed by atoms with van der Waals surface area (Å²) in [5.41, 5.74) is 1.27. The number of fused-ring (bicyclic) bond motifs is 2. The molecule has 0 aliphatic carbocycles. The Morgan fingerprint density at radius 3 is 2.81 bits per heavy atom. The van der Waals surface area contributed by atoms with Crippen LogP contribution in [0.3, 0.4) is 0 Å². The molecule has 2 aliphatic heterocycles. The lowest BCUT2D eigenvalue weighted by Crippen LogP contribution is -2.40. The van der Waals surface area contributed by atoms with Gasteiger partial charge in [-0.3, -0.25) is 0 Å². The molecule has 1 aromatic carbocycles. The van der Waals surface area contributed by atoms with Crippen LogP contribution < -0.4 is 10.1 Å². The minimum atomic E-state index is 0.103. The highest BCUT2D eigenvalue weighted by Gasteiger charge is 2.42. The Labute approximate surface area is 99.4 Å². The van der Waals surface area contributed by atoms with Gasteiger partial charge in [0.1, 0.15) is 16.5 Å². The van der Waals surface area contributed by atoms with Gasteiger partial charge in [-0.1, -0.05) is 17.7 Å². The SMILES string of the molecule is Oc1ccc2c(c1Cl)OCC21CCNCC1. The van der Waals surface area contributed by atoms with Gasteiger partial charge in [-0.2, -0.15) is 0 Å². The van der Waals surface area contributed by atoms with Gasteiger partial charge < -0.3 is 15.2 Å². The van der Waals surface area contributed by atoms with Crippen molar-refractivity contribution in [2.24, 2.45) is 0 Å². The van der Waals surface area contributed by atoms with Gasteiger partial charge in [0, 0.05) is 11.0 Å². The first-order valence-electron chi connectivity index (χ1n) is 5.58. The standard InChI is InChI=1S/C12H14ClNO2/c13-10-9(15)2-1-8-11(10)16-7-12(8)3-5-14-6-4-12/h1-2,14-15H,3-7H2. The molecule has 2 N–H and O–H groups in total. The van der Waals surface area contributed by atoms with Gasteiger partial charge in [0.05, 0.1) is 6.61 Å². The van der Waals surface area contributed by atoms with Crippen LogP contribution in [-0.2, 0) is 5.41 Å². The van der Waals surface area contributed by atoms with Crippen molar-refractivity contribution in [3.8, 4) is 11.5 Å². The fourth-order valence-corrected chi connectivity index (χ4v) is 2.93. The number of rotatable bonds is 0. The van der Waals surface area contributed by atoms with E-state index in [1.807, 2.05) is 6.07 Å². The number of hydrogen-bond acceptors (Lipinski definition) is 3. The molecule has 3 rings (SSSR count). The van der Waals surface area contributed by atoms with Gasteiger partial charge in [-0.25, -0.2) is 0 Å². The second-order valence-corrected chi connectivity index (χ2v) is 4.97. The molecule has 0 saturated carbocycles. The van der Waals surface area contributed by atoms with E-state index < -0.39 is 0 Å². The second-order valence-electron chi connectivity index (χ2n) is 4.59. The van der Waals surface area contributed by atoms with Crippen molar-refractivity contribution in [3.05, 3.63) is 22.7 Å². The summed E-state index contributed by atoms with van der Waals surface area (Å²) < 4.78 is 5.68. The normalized spacial score (nSPS) is 21.8. The van der Waals surface area contributed by atoms with Crippen molar-refractivity contribution in [2.45, 2.75) is 18.3 Å². The van der Waals surface area contributed by atoms with Crippen LogP contribution in [0.15, 0.2) is 12.1 Å². The Hall–Kier alpha value is -0.930. The summed E-state index contributed by atoms with van der Waals surface area (Å²) in [6.45, 7) is 2.72. The first kappa shape index (κ1) is 10.2. The number of piperidine rings is 1. The molecule has 0 atom stereocenters. The number of hydrogen-bond donors (Lipinski definition) is 2. The first-order valence-corrected chi connectivity index (χ1v) is 5.96. The highest BCUT2D eigenvalue weighted by Crippen LogP contribution is 2.49. The molecule has 2 heterocycles. The molecule has 0 bridgehead atoms. The van der Waals surface area contributed by atoms with E-state index in [1.54, 1.807) is 6.07 Å². The maximum Gasteiger partial charge on any atom is 0.145 e. The predicted molar refractivity (Wildman–Crippen MR) is 62.4 cm³/mol. The smallest absolute Gasteiger partial charge is 0.145 e. The van der Waals surface area contributed by atoms with Crippen molar-refractivity contribution < 1.29 is 9.84 Å². The third kappa shape index (κ3) is 1.31. The van der Waals surface area contributed by atoms with Crippen molar-refractivity contribution >= 4 is 11.6 Å². The van der Waals surface area contributed by atoms with Crippen LogP contribution in [0.5, 0.6) is 11.5 Å². The maximum absolute atomic E-state index is 9.55. The second kappa shape index (κ2) is 3.54. The molecule has 0 aromatic heterocycles. The van der Waals surface area contributed by atoms with Crippen molar-refractivity contribution in [3.63, 3.8) is 0 Å². The summed E-state index contributed by atoms with van der Waals surface area (Å²) in [5.74, 6) is 0.787. The van der Waals surface area contributed by atoms with Crippen LogP contribution in [0.25, 0.3) is 0 Å². The number of phenols is 1. The zero-order valence-electron chi connectivity index (χ0n) is 8.92. The average molecular weight is 240 g/mol. The fourth-order valence-electron chi connectivity index (χ4n) is 2.71. The van der Waals surface area contributed by atoms with Gasteiger partial charge in [-0.05, 0) is 32.0 Å². The molecule has 1 fully saturated rings. The summed E-state index contributed by atoms with van der Waals surface area (Å²) in [6.07, 6.45) is 2.14. The zero-order chi connectivity index (χ0) is 11.2. The molecule has 0 amide bonds. The quantitative estimate of drug-likeness (QED) is 0.728. The number of halogens is 1. The van der Waals surface area contributed by atoms with Gasteiger partial charge >= 0.3 is 0 Å². The van der Waals surface area contributed by atoms with E-state index in [9.17, 15) is 5.11 Å². The van der Waals surface area contributed by atoms with Crippen LogP contribution in [0.4, 0.5) is 0 Å². The fraction of sp³-hybridized carbons (Fsp3) is 0.500. The molecule has 1 spiro atoms.